The van der Waals surface area contributed by atoms with Crippen molar-refractivity contribution in [1.82, 2.24) is 4.98 Å². The molecule has 1 aliphatic rings. The van der Waals surface area contributed by atoms with Crippen molar-refractivity contribution >= 4 is 33.0 Å². The fraction of sp³-hybridized carbons (Fsp3) is 0.308. The largest absolute Gasteiger partial charge is 0.377 e. The van der Waals surface area contributed by atoms with Crippen LogP contribution in [0.15, 0.2) is 34.4 Å². The van der Waals surface area contributed by atoms with Crippen molar-refractivity contribution < 1.29 is 0 Å². The van der Waals surface area contributed by atoms with Gasteiger partial charge in [-0.3, -0.25) is 4.98 Å². The maximum Gasteiger partial charge on any atom is 0.0542 e. The third-order valence-electron chi connectivity index (χ3n) is 3.10. The van der Waals surface area contributed by atoms with Crippen LogP contribution in [0.5, 0.6) is 0 Å². The Hall–Kier alpha value is -0.870. The number of fused-ring (bicyclic) bond motifs is 1. The summed E-state index contributed by atoms with van der Waals surface area (Å²) in [7, 11) is 0. The van der Waals surface area contributed by atoms with E-state index in [1.165, 1.54) is 29.7 Å². The molecule has 0 spiro atoms. The van der Waals surface area contributed by atoms with Gasteiger partial charge in [-0.25, -0.2) is 0 Å². The lowest BCUT2D eigenvalue weighted by atomic mass is 9.94. The first-order chi connectivity index (χ1) is 8.33. The van der Waals surface area contributed by atoms with Crippen LogP contribution in [0, 0.1) is 0 Å². The molecule has 4 heteroatoms. The van der Waals surface area contributed by atoms with Gasteiger partial charge in [0.25, 0.3) is 0 Å². The average molecular weight is 309 g/mol. The van der Waals surface area contributed by atoms with Crippen LogP contribution in [-0.2, 0) is 6.42 Å². The van der Waals surface area contributed by atoms with E-state index in [9.17, 15) is 0 Å². The molecule has 17 heavy (non-hydrogen) atoms. The van der Waals surface area contributed by atoms with Crippen LogP contribution in [0.1, 0.15) is 29.3 Å². The third kappa shape index (κ3) is 2.38. The van der Waals surface area contributed by atoms with Gasteiger partial charge in [-0.15, -0.1) is 11.3 Å². The molecule has 0 fully saturated rings. The molecule has 3 rings (SSSR count). The fourth-order valence-corrected chi connectivity index (χ4v) is 3.68. The molecule has 2 heterocycles. The van der Waals surface area contributed by atoms with E-state index in [2.05, 4.69) is 43.7 Å². The standard InChI is InChI=1S/C13H13BrN2S/c14-9-6-10(8-15-7-9)16-12-2-1-3-13-11(12)4-5-17-13/h4-8,12,16H,1-3H2. The molecule has 0 aromatic carbocycles. The number of hydrogen-bond acceptors (Lipinski definition) is 3. The van der Waals surface area contributed by atoms with Gasteiger partial charge in [-0.05, 0) is 58.3 Å². The van der Waals surface area contributed by atoms with Crippen LogP contribution in [0.3, 0.4) is 0 Å². The second-order valence-corrected chi connectivity index (χ2v) is 6.20. The van der Waals surface area contributed by atoms with Crippen LogP contribution >= 0.6 is 27.3 Å². The molecular formula is C13H13BrN2S. The van der Waals surface area contributed by atoms with Gasteiger partial charge in [0.2, 0.25) is 0 Å². The van der Waals surface area contributed by atoms with Gasteiger partial charge in [0, 0.05) is 15.5 Å². The van der Waals surface area contributed by atoms with Gasteiger partial charge >= 0.3 is 0 Å². The molecule has 0 radical (unpaired) electrons. The smallest absolute Gasteiger partial charge is 0.0542 e. The predicted molar refractivity (Wildman–Crippen MR) is 75.6 cm³/mol. The summed E-state index contributed by atoms with van der Waals surface area (Å²) in [5.74, 6) is 0. The molecule has 2 aromatic rings. The molecule has 1 N–H and O–H groups in total. The summed E-state index contributed by atoms with van der Waals surface area (Å²) in [5, 5.41) is 5.78. The molecule has 2 nitrogen and oxygen atoms in total. The zero-order valence-corrected chi connectivity index (χ0v) is 11.7. The van der Waals surface area contributed by atoms with Gasteiger partial charge in [-0.1, -0.05) is 0 Å². The normalized spacial score (nSPS) is 18.8. The molecule has 88 valence electrons. The van der Waals surface area contributed by atoms with E-state index in [0.29, 0.717) is 6.04 Å². The molecule has 0 saturated carbocycles. The molecule has 0 aliphatic heterocycles. The minimum Gasteiger partial charge on any atom is -0.377 e. The lowest BCUT2D eigenvalue weighted by Gasteiger charge is -2.24. The summed E-state index contributed by atoms with van der Waals surface area (Å²) >= 11 is 5.33. The highest BCUT2D eigenvalue weighted by molar-refractivity contribution is 9.10. The Balaban J connectivity index is 1.84. The summed E-state index contributed by atoms with van der Waals surface area (Å²) in [4.78, 5) is 5.73. The SMILES string of the molecule is Brc1cncc(NC2CCCc3sccc32)c1. The van der Waals surface area contributed by atoms with Gasteiger partial charge < -0.3 is 5.32 Å². The predicted octanol–water partition coefficient (Wildman–Crippen LogP) is 4.40. The van der Waals surface area contributed by atoms with Crippen molar-refractivity contribution in [2.24, 2.45) is 0 Å². The summed E-state index contributed by atoms with van der Waals surface area (Å²) in [6.07, 6.45) is 7.40. The minimum atomic E-state index is 0.445. The number of aromatic nitrogens is 1. The van der Waals surface area contributed by atoms with E-state index >= 15 is 0 Å². The third-order valence-corrected chi connectivity index (χ3v) is 4.53. The minimum absolute atomic E-state index is 0.445. The Bertz CT molecular complexity index is 524. The van der Waals surface area contributed by atoms with Crippen molar-refractivity contribution in [3.8, 4) is 0 Å². The van der Waals surface area contributed by atoms with Crippen LogP contribution in [0.4, 0.5) is 5.69 Å². The Morgan fingerprint density at radius 1 is 1.41 bits per heavy atom. The number of halogens is 1. The average Bonchev–Trinajstić information content (AvgIpc) is 2.78. The zero-order valence-electron chi connectivity index (χ0n) is 9.32. The number of aryl methyl sites for hydroxylation is 1. The number of pyridine rings is 1. The summed E-state index contributed by atoms with van der Waals surface area (Å²) in [5.41, 5.74) is 2.56. The van der Waals surface area contributed by atoms with Gasteiger partial charge in [0.05, 0.1) is 17.9 Å². The molecule has 2 aromatic heterocycles. The quantitative estimate of drug-likeness (QED) is 0.889. The molecule has 0 amide bonds. The van der Waals surface area contributed by atoms with E-state index in [0.717, 1.165) is 10.2 Å². The molecule has 1 atom stereocenters. The van der Waals surface area contributed by atoms with E-state index in [4.69, 9.17) is 0 Å². The van der Waals surface area contributed by atoms with Crippen LogP contribution in [-0.4, -0.2) is 4.98 Å². The number of nitrogens with zero attached hydrogens (tertiary/aromatic N) is 1. The van der Waals surface area contributed by atoms with E-state index in [1.54, 1.807) is 0 Å². The number of nitrogens with one attached hydrogen (secondary N) is 1. The lowest BCUT2D eigenvalue weighted by molar-refractivity contribution is 0.608. The Kier molecular flexibility index (Phi) is 3.16. The van der Waals surface area contributed by atoms with Gasteiger partial charge in [-0.2, -0.15) is 0 Å². The van der Waals surface area contributed by atoms with E-state index in [1.807, 2.05) is 23.7 Å². The number of anilines is 1. The second kappa shape index (κ2) is 4.78. The zero-order chi connectivity index (χ0) is 11.7. The van der Waals surface area contributed by atoms with Crippen molar-refractivity contribution in [3.05, 3.63) is 44.8 Å². The highest BCUT2D eigenvalue weighted by Crippen LogP contribution is 2.35. The number of rotatable bonds is 2. The molecule has 0 saturated heterocycles. The monoisotopic (exact) mass is 308 g/mol. The Morgan fingerprint density at radius 3 is 3.24 bits per heavy atom. The number of hydrogen-bond donors (Lipinski definition) is 1. The van der Waals surface area contributed by atoms with Crippen molar-refractivity contribution in [1.29, 1.82) is 0 Å². The Labute approximate surface area is 113 Å². The first-order valence-electron chi connectivity index (χ1n) is 5.76. The van der Waals surface area contributed by atoms with E-state index < -0.39 is 0 Å². The summed E-state index contributed by atoms with van der Waals surface area (Å²) in [6.45, 7) is 0. The molecule has 1 aliphatic carbocycles. The second-order valence-electron chi connectivity index (χ2n) is 4.28. The first kappa shape index (κ1) is 11.2. The van der Waals surface area contributed by atoms with E-state index in [-0.39, 0.29) is 0 Å². The summed E-state index contributed by atoms with van der Waals surface area (Å²) < 4.78 is 1.02. The van der Waals surface area contributed by atoms with Crippen molar-refractivity contribution in [2.45, 2.75) is 25.3 Å². The van der Waals surface area contributed by atoms with Crippen molar-refractivity contribution in [2.75, 3.05) is 5.32 Å². The number of thiophene rings is 1. The maximum absolute atomic E-state index is 4.19. The molecular weight excluding hydrogens is 296 g/mol. The Morgan fingerprint density at radius 2 is 2.35 bits per heavy atom. The van der Waals surface area contributed by atoms with Crippen LogP contribution in [0.2, 0.25) is 0 Å². The fourth-order valence-electron chi connectivity index (χ4n) is 2.33. The molecule has 1 unspecified atom stereocenters. The lowest BCUT2D eigenvalue weighted by Crippen LogP contribution is -2.15. The first-order valence-corrected chi connectivity index (χ1v) is 7.43. The highest BCUT2D eigenvalue weighted by atomic mass is 79.9. The van der Waals surface area contributed by atoms with Crippen LogP contribution < -0.4 is 5.32 Å². The molecule has 0 bridgehead atoms. The van der Waals surface area contributed by atoms with Crippen LogP contribution in [0.25, 0.3) is 0 Å². The van der Waals surface area contributed by atoms with Gasteiger partial charge in [0.1, 0.15) is 0 Å². The topological polar surface area (TPSA) is 24.9 Å². The maximum atomic E-state index is 4.19. The summed E-state index contributed by atoms with van der Waals surface area (Å²) in [6, 6.07) is 4.77. The van der Waals surface area contributed by atoms with Gasteiger partial charge in [0.15, 0.2) is 0 Å². The van der Waals surface area contributed by atoms with Crippen molar-refractivity contribution in [3.63, 3.8) is 0 Å². The highest BCUT2D eigenvalue weighted by Gasteiger charge is 2.20.